The number of pyridine rings is 1. The summed E-state index contributed by atoms with van der Waals surface area (Å²) >= 11 is 12.5. The Kier molecular flexibility index (Phi) is 6.58. The summed E-state index contributed by atoms with van der Waals surface area (Å²) in [6.07, 6.45) is 1.73. The van der Waals surface area contributed by atoms with Crippen LogP contribution in [0, 0.1) is 6.92 Å². The third-order valence-corrected chi connectivity index (χ3v) is 5.76. The molecule has 6 heteroatoms. The minimum atomic E-state index is 0.565. The topological polar surface area (TPSA) is 39.1 Å². The summed E-state index contributed by atoms with van der Waals surface area (Å²) in [5, 5.41) is 6.07. The molecule has 154 valence electrons. The predicted octanol–water partition coefficient (Wildman–Crippen LogP) is 5.87. The standard InChI is InChI=1S/C24H23Cl2N3O/c1-17-21(15-27-12-13-30-24-8-4-5-11-28-24)20-6-2-3-7-23(20)29(17)16-18-9-10-19(25)14-22(18)26/h2-11,14,27H,12-13,15-16H2,1H3. The zero-order valence-corrected chi connectivity index (χ0v) is 18.2. The van der Waals surface area contributed by atoms with Crippen LogP contribution < -0.4 is 10.1 Å². The molecule has 2 aromatic carbocycles. The lowest BCUT2D eigenvalue weighted by atomic mass is 10.1. The van der Waals surface area contributed by atoms with Gasteiger partial charge in [-0.2, -0.15) is 0 Å². The maximum Gasteiger partial charge on any atom is 0.213 e. The van der Waals surface area contributed by atoms with Crippen molar-refractivity contribution in [3.8, 4) is 5.88 Å². The number of rotatable bonds is 8. The molecule has 4 rings (SSSR count). The van der Waals surface area contributed by atoms with Crippen LogP contribution in [0.5, 0.6) is 5.88 Å². The zero-order chi connectivity index (χ0) is 20.9. The Hall–Kier alpha value is -2.53. The van der Waals surface area contributed by atoms with Crippen LogP contribution in [-0.4, -0.2) is 22.7 Å². The van der Waals surface area contributed by atoms with E-state index in [1.165, 1.54) is 22.2 Å². The number of aromatic nitrogens is 2. The fraction of sp³-hybridized carbons (Fsp3) is 0.208. The summed E-state index contributed by atoms with van der Waals surface area (Å²) < 4.78 is 7.98. The molecular formula is C24H23Cl2N3O. The van der Waals surface area contributed by atoms with Crippen molar-refractivity contribution in [2.75, 3.05) is 13.2 Å². The van der Waals surface area contributed by atoms with Gasteiger partial charge in [-0.3, -0.25) is 0 Å². The molecule has 0 atom stereocenters. The molecule has 2 heterocycles. The molecule has 2 aromatic heterocycles. The van der Waals surface area contributed by atoms with Gasteiger partial charge >= 0.3 is 0 Å². The van der Waals surface area contributed by atoms with Crippen molar-refractivity contribution in [1.82, 2.24) is 14.9 Å². The van der Waals surface area contributed by atoms with Crippen molar-refractivity contribution < 1.29 is 4.74 Å². The van der Waals surface area contributed by atoms with E-state index in [2.05, 4.69) is 46.1 Å². The molecule has 4 aromatic rings. The van der Waals surface area contributed by atoms with Crippen molar-refractivity contribution in [3.63, 3.8) is 0 Å². The summed E-state index contributed by atoms with van der Waals surface area (Å²) in [5.41, 5.74) is 4.75. The molecular weight excluding hydrogens is 417 g/mol. The monoisotopic (exact) mass is 439 g/mol. The summed E-state index contributed by atoms with van der Waals surface area (Å²) in [7, 11) is 0. The van der Waals surface area contributed by atoms with Gasteiger partial charge in [-0.1, -0.05) is 53.5 Å². The first-order valence-corrected chi connectivity index (χ1v) is 10.6. The highest BCUT2D eigenvalue weighted by atomic mass is 35.5. The molecule has 0 amide bonds. The van der Waals surface area contributed by atoms with Crippen LogP contribution in [0.2, 0.25) is 10.0 Å². The highest BCUT2D eigenvalue weighted by Gasteiger charge is 2.14. The first-order valence-electron chi connectivity index (χ1n) is 9.88. The van der Waals surface area contributed by atoms with Gasteiger partial charge < -0.3 is 14.6 Å². The minimum Gasteiger partial charge on any atom is -0.476 e. The van der Waals surface area contributed by atoms with Crippen molar-refractivity contribution in [2.45, 2.75) is 20.0 Å². The molecule has 30 heavy (non-hydrogen) atoms. The maximum absolute atomic E-state index is 6.43. The van der Waals surface area contributed by atoms with Crippen LogP contribution in [-0.2, 0) is 13.1 Å². The largest absolute Gasteiger partial charge is 0.476 e. The highest BCUT2D eigenvalue weighted by Crippen LogP contribution is 2.29. The second kappa shape index (κ2) is 9.52. The molecule has 0 radical (unpaired) electrons. The van der Waals surface area contributed by atoms with Gasteiger partial charge in [0.2, 0.25) is 5.88 Å². The summed E-state index contributed by atoms with van der Waals surface area (Å²) in [4.78, 5) is 4.17. The lowest BCUT2D eigenvalue weighted by molar-refractivity contribution is 0.302. The van der Waals surface area contributed by atoms with Crippen LogP contribution in [0.3, 0.4) is 0 Å². The first-order chi connectivity index (χ1) is 14.6. The van der Waals surface area contributed by atoms with Crippen LogP contribution >= 0.6 is 23.2 Å². The molecule has 0 saturated carbocycles. The maximum atomic E-state index is 6.43. The second-order valence-electron chi connectivity index (χ2n) is 7.10. The van der Waals surface area contributed by atoms with Crippen LogP contribution in [0.25, 0.3) is 10.9 Å². The molecule has 0 aliphatic carbocycles. The van der Waals surface area contributed by atoms with E-state index < -0.39 is 0 Å². The predicted molar refractivity (Wildman–Crippen MR) is 124 cm³/mol. The SMILES string of the molecule is Cc1c(CNCCOc2ccccn2)c2ccccc2n1Cc1ccc(Cl)cc1Cl. The number of halogens is 2. The normalized spacial score (nSPS) is 11.2. The molecule has 0 saturated heterocycles. The Morgan fingerprint density at radius 3 is 2.67 bits per heavy atom. The lowest BCUT2D eigenvalue weighted by Crippen LogP contribution is -2.21. The Bertz CT molecular complexity index is 1140. The van der Waals surface area contributed by atoms with E-state index >= 15 is 0 Å². The summed E-state index contributed by atoms with van der Waals surface area (Å²) in [6, 6.07) is 19.8. The van der Waals surface area contributed by atoms with Crippen LogP contribution in [0.15, 0.2) is 66.9 Å². The third-order valence-electron chi connectivity index (χ3n) is 5.17. The van der Waals surface area contributed by atoms with Crippen molar-refractivity contribution in [1.29, 1.82) is 0 Å². The van der Waals surface area contributed by atoms with E-state index in [0.29, 0.717) is 29.1 Å². The molecule has 0 spiro atoms. The highest BCUT2D eigenvalue weighted by molar-refractivity contribution is 6.35. The van der Waals surface area contributed by atoms with Gasteiger partial charge in [0.1, 0.15) is 6.61 Å². The number of nitrogens with one attached hydrogen (secondary N) is 1. The fourth-order valence-corrected chi connectivity index (χ4v) is 4.09. The second-order valence-corrected chi connectivity index (χ2v) is 7.94. The van der Waals surface area contributed by atoms with Gasteiger partial charge in [0.25, 0.3) is 0 Å². The van der Waals surface area contributed by atoms with Gasteiger partial charge in [-0.15, -0.1) is 0 Å². The Morgan fingerprint density at radius 1 is 1.03 bits per heavy atom. The number of fused-ring (bicyclic) bond motifs is 1. The molecule has 1 N–H and O–H groups in total. The van der Waals surface area contributed by atoms with E-state index in [1.807, 2.05) is 30.3 Å². The molecule has 0 aliphatic rings. The number of para-hydroxylation sites is 1. The van der Waals surface area contributed by atoms with Crippen molar-refractivity contribution >= 4 is 34.1 Å². The van der Waals surface area contributed by atoms with Gasteiger partial charge in [-0.05, 0) is 42.3 Å². The summed E-state index contributed by atoms with van der Waals surface area (Å²) in [6.45, 7) is 4.92. The summed E-state index contributed by atoms with van der Waals surface area (Å²) in [5.74, 6) is 0.645. The zero-order valence-electron chi connectivity index (χ0n) is 16.7. The molecule has 0 unspecified atom stereocenters. The Morgan fingerprint density at radius 2 is 1.87 bits per heavy atom. The average Bonchev–Trinajstić information content (AvgIpc) is 3.02. The van der Waals surface area contributed by atoms with Gasteiger partial charge in [0.05, 0.1) is 0 Å². The fourth-order valence-electron chi connectivity index (χ4n) is 3.62. The molecule has 0 fully saturated rings. The van der Waals surface area contributed by atoms with Crippen LogP contribution in [0.1, 0.15) is 16.8 Å². The molecule has 4 nitrogen and oxygen atoms in total. The van der Waals surface area contributed by atoms with E-state index in [4.69, 9.17) is 27.9 Å². The Balaban J connectivity index is 1.49. The van der Waals surface area contributed by atoms with Gasteiger partial charge in [0.15, 0.2) is 0 Å². The van der Waals surface area contributed by atoms with E-state index in [1.54, 1.807) is 12.3 Å². The van der Waals surface area contributed by atoms with Gasteiger partial charge in [-0.25, -0.2) is 4.98 Å². The van der Waals surface area contributed by atoms with E-state index in [9.17, 15) is 0 Å². The number of hydrogen-bond acceptors (Lipinski definition) is 3. The molecule has 0 bridgehead atoms. The van der Waals surface area contributed by atoms with E-state index in [0.717, 1.165) is 18.7 Å². The number of benzene rings is 2. The van der Waals surface area contributed by atoms with Crippen molar-refractivity contribution in [3.05, 3.63) is 93.7 Å². The quantitative estimate of drug-likeness (QED) is 0.349. The average molecular weight is 440 g/mol. The minimum absolute atomic E-state index is 0.565. The lowest BCUT2D eigenvalue weighted by Gasteiger charge is -2.11. The van der Waals surface area contributed by atoms with E-state index in [-0.39, 0.29) is 0 Å². The van der Waals surface area contributed by atoms with Gasteiger partial charge in [0, 0.05) is 58.5 Å². The smallest absolute Gasteiger partial charge is 0.213 e. The number of ether oxygens (including phenoxy) is 1. The van der Waals surface area contributed by atoms with Crippen LogP contribution in [0.4, 0.5) is 0 Å². The Labute approximate surface area is 186 Å². The number of nitrogens with zero attached hydrogens (tertiary/aromatic N) is 2. The third kappa shape index (κ3) is 4.62. The first kappa shape index (κ1) is 20.7. The van der Waals surface area contributed by atoms with Crippen molar-refractivity contribution in [2.24, 2.45) is 0 Å². The number of hydrogen-bond donors (Lipinski definition) is 1. The molecule has 0 aliphatic heterocycles.